The lowest BCUT2D eigenvalue weighted by atomic mass is 10.0. The standard InChI is InChI=1S/C23H20INO3/c1-27-23(28-2)20-14-19(24)12-13-21(20)25(22(23)26)15-16-8-10-18(11-9-16)17-6-4-3-5-7-17/h3-14H,15H2,1-2H3. The van der Waals surface area contributed by atoms with Gasteiger partial charge in [0.15, 0.2) is 0 Å². The first kappa shape index (κ1) is 19.1. The lowest BCUT2D eigenvalue weighted by molar-refractivity contribution is -0.209. The molecule has 142 valence electrons. The number of hydrogen-bond donors (Lipinski definition) is 0. The van der Waals surface area contributed by atoms with Crippen LogP contribution in [0.2, 0.25) is 0 Å². The highest BCUT2D eigenvalue weighted by molar-refractivity contribution is 14.1. The van der Waals surface area contributed by atoms with Crippen LogP contribution in [0.3, 0.4) is 0 Å². The number of fused-ring (bicyclic) bond motifs is 1. The van der Waals surface area contributed by atoms with E-state index in [0.717, 1.165) is 25.9 Å². The molecule has 4 nitrogen and oxygen atoms in total. The van der Waals surface area contributed by atoms with E-state index in [1.54, 1.807) is 4.90 Å². The van der Waals surface area contributed by atoms with E-state index < -0.39 is 5.79 Å². The summed E-state index contributed by atoms with van der Waals surface area (Å²) < 4.78 is 12.2. The highest BCUT2D eigenvalue weighted by Gasteiger charge is 2.52. The van der Waals surface area contributed by atoms with Crippen molar-refractivity contribution in [1.29, 1.82) is 0 Å². The van der Waals surface area contributed by atoms with Gasteiger partial charge in [-0.3, -0.25) is 4.79 Å². The quantitative estimate of drug-likeness (QED) is 0.379. The molecule has 1 amide bonds. The van der Waals surface area contributed by atoms with Gasteiger partial charge in [0.2, 0.25) is 0 Å². The highest BCUT2D eigenvalue weighted by atomic mass is 127. The Hall–Kier alpha value is -2.22. The Morgan fingerprint density at radius 1 is 0.893 bits per heavy atom. The Morgan fingerprint density at radius 3 is 2.18 bits per heavy atom. The molecule has 3 aromatic carbocycles. The van der Waals surface area contributed by atoms with Crippen LogP contribution < -0.4 is 4.90 Å². The molecule has 3 aromatic rings. The summed E-state index contributed by atoms with van der Waals surface area (Å²) in [5.41, 5.74) is 4.93. The number of ether oxygens (including phenoxy) is 2. The van der Waals surface area contributed by atoms with Crippen LogP contribution in [-0.4, -0.2) is 20.1 Å². The zero-order valence-corrected chi connectivity index (χ0v) is 17.8. The molecule has 4 rings (SSSR count). The number of amides is 1. The Balaban J connectivity index is 1.66. The van der Waals surface area contributed by atoms with Gasteiger partial charge < -0.3 is 14.4 Å². The van der Waals surface area contributed by atoms with Crippen LogP contribution in [0.15, 0.2) is 72.8 Å². The van der Waals surface area contributed by atoms with Crippen LogP contribution in [0.4, 0.5) is 5.69 Å². The van der Waals surface area contributed by atoms with Crippen LogP contribution in [0, 0.1) is 3.57 Å². The van der Waals surface area contributed by atoms with Gasteiger partial charge in [0.05, 0.1) is 12.2 Å². The van der Waals surface area contributed by atoms with Gasteiger partial charge in [0.25, 0.3) is 11.7 Å². The van der Waals surface area contributed by atoms with Gasteiger partial charge in [0.1, 0.15) is 0 Å². The lowest BCUT2D eigenvalue weighted by Gasteiger charge is -2.25. The average Bonchev–Trinajstić information content (AvgIpc) is 2.96. The van der Waals surface area contributed by atoms with Crippen molar-refractivity contribution in [2.45, 2.75) is 12.3 Å². The Bertz CT molecular complexity index is 998. The molecular weight excluding hydrogens is 465 g/mol. The summed E-state index contributed by atoms with van der Waals surface area (Å²) in [4.78, 5) is 15.0. The second kappa shape index (κ2) is 7.66. The molecule has 0 spiro atoms. The third-order valence-corrected chi connectivity index (χ3v) is 5.78. The average molecular weight is 485 g/mol. The summed E-state index contributed by atoms with van der Waals surface area (Å²) in [6.45, 7) is 0.454. The molecule has 0 unspecified atom stereocenters. The van der Waals surface area contributed by atoms with E-state index in [2.05, 4.69) is 59.0 Å². The van der Waals surface area contributed by atoms with E-state index in [4.69, 9.17) is 9.47 Å². The number of halogens is 1. The number of nitrogens with zero attached hydrogens (tertiary/aromatic N) is 1. The van der Waals surface area contributed by atoms with Crippen LogP contribution >= 0.6 is 22.6 Å². The fourth-order valence-corrected chi connectivity index (χ4v) is 4.15. The Kier molecular flexibility index (Phi) is 5.23. The molecule has 0 N–H and O–H groups in total. The molecule has 0 radical (unpaired) electrons. The molecule has 1 heterocycles. The molecule has 28 heavy (non-hydrogen) atoms. The van der Waals surface area contributed by atoms with E-state index >= 15 is 0 Å². The molecule has 0 atom stereocenters. The number of carbonyl (C=O) groups excluding carboxylic acids is 1. The van der Waals surface area contributed by atoms with Crippen molar-refractivity contribution in [2.24, 2.45) is 0 Å². The molecule has 0 aromatic heterocycles. The normalized spacial score (nSPS) is 15.0. The SMILES string of the molecule is COC1(OC)C(=O)N(Cc2ccc(-c3ccccc3)cc2)c2ccc(I)cc21. The van der Waals surface area contributed by atoms with Crippen LogP contribution in [0.25, 0.3) is 11.1 Å². The second-order valence-electron chi connectivity index (χ2n) is 6.64. The molecule has 0 bridgehead atoms. The summed E-state index contributed by atoms with van der Waals surface area (Å²) in [6.07, 6.45) is 0. The van der Waals surface area contributed by atoms with Crippen molar-refractivity contribution in [3.05, 3.63) is 87.5 Å². The fourth-order valence-electron chi connectivity index (χ4n) is 3.66. The van der Waals surface area contributed by atoms with E-state index in [1.165, 1.54) is 19.8 Å². The Morgan fingerprint density at radius 2 is 1.54 bits per heavy atom. The predicted octanol–water partition coefficient (Wildman–Crippen LogP) is 4.95. The number of hydrogen-bond acceptors (Lipinski definition) is 3. The van der Waals surface area contributed by atoms with Crippen molar-refractivity contribution in [1.82, 2.24) is 0 Å². The number of methoxy groups -OCH3 is 2. The van der Waals surface area contributed by atoms with Gasteiger partial charge in [-0.25, -0.2) is 0 Å². The van der Waals surface area contributed by atoms with E-state index in [-0.39, 0.29) is 5.91 Å². The Labute approximate surface area is 178 Å². The largest absolute Gasteiger partial charge is 0.342 e. The zero-order chi connectivity index (χ0) is 19.7. The van der Waals surface area contributed by atoms with Gasteiger partial charge in [-0.15, -0.1) is 0 Å². The van der Waals surface area contributed by atoms with Gasteiger partial charge in [0, 0.05) is 23.4 Å². The smallest absolute Gasteiger partial charge is 0.292 e. The monoisotopic (exact) mass is 485 g/mol. The third-order valence-electron chi connectivity index (χ3n) is 5.11. The summed E-state index contributed by atoms with van der Waals surface area (Å²) in [6, 6.07) is 24.4. The molecule has 0 saturated heterocycles. The molecule has 0 saturated carbocycles. The van der Waals surface area contributed by atoms with Gasteiger partial charge in [-0.1, -0.05) is 54.6 Å². The molecule has 5 heteroatoms. The van der Waals surface area contributed by atoms with E-state index in [0.29, 0.717) is 6.54 Å². The first-order chi connectivity index (χ1) is 13.6. The highest BCUT2D eigenvalue weighted by Crippen LogP contribution is 2.44. The molecule has 1 aliphatic rings. The van der Waals surface area contributed by atoms with Crippen molar-refractivity contribution in [2.75, 3.05) is 19.1 Å². The lowest BCUT2D eigenvalue weighted by Crippen LogP contribution is -2.43. The van der Waals surface area contributed by atoms with Crippen LogP contribution in [0.1, 0.15) is 11.1 Å². The van der Waals surface area contributed by atoms with Crippen molar-refractivity contribution >= 4 is 34.2 Å². The van der Waals surface area contributed by atoms with Crippen molar-refractivity contribution in [3.63, 3.8) is 0 Å². The first-order valence-corrected chi connectivity index (χ1v) is 10.0. The van der Waals surface area contributed by atoms with Gasteiger partial charge in [-0.05, 0) is 57.5 Å². The molecule has 0 aliphatic carbocycles. The summed E-state index contributed by atoms with van der Waals surface area (Å²) >= 11 is 2.23. The van der Waals surface area contributed by atoms with Gasteiger partial charge >= 0.3 is 0 Å². The molecular formula is C23H20INO3. The zero-order valence-electron chi connectivity index (χ0n) is 15.7. The maximum atomic E-state index is 13.2. The topological polar surface area (TPSA) is 38.8 Å². The molecule has 1 aliphatic heterocycles. The summed E-state index contributed by atoms with van der Waals surface area (Å²) in [7, 11) is 3.01. The fraction of sp³-hybridized carbons (Fsp3) is 0.174. The first-order valence-electron chi connectivity index (χ1n) is 8.95. The number of carbonyl (C=O) groups is 1. The van der Waals surface area contributed by atoms with Crippen LogP contribution in [-0.2, 0) is 26.6 Å². The summed E-state index contributed by atoms with van der Waals surface area (Å²) in [5.74, 6) is -1.60. The third kappa shape index (κ3) is 3.13. The van der Waals surface area contributed by atoms with E-state index in [9.17, 15) is 4.79 Å². The number of anilines is 1. The van der Waals surface area contributed by atoms with E-state index in [1.807, 2.05) is 36.4 Å². The minimum atomic E-state index is -1.39. The van der Waals surface area contributed by atoms with Crippen molar-refractivity contribution in [3.8, 4) is 11.1 Å². The number of rotatable bonds is 5. The molecule has 0 fully saturated rings. The summed E-state index contributed by atoms with van der Waals surface area (Å²) in [5, 5.41) is 0. The maximum Gasteiger partial charge on any atom is 0.292 e. The predicted molar refractivity (Wildman–Crippen MR) is 118 cm³/mol. The van der Waals surface area contributed by atoms with Crippen LogP contribution in [0.5, 0.6) is 0 Å². The minimum absolute atomic E-state index is 0.207. The minimum Gasteiger partial charge on any atom is -0.342 e. The number of benzene rings is 3. The maximum absolute atomic E-state index is 13.2. The van der Waals surface area contributed by atoms with Gasteiger partial charge in [-0.2, -0.15) is 0 Å². The second-order valence-corrected chi connectivity index (χ2v) is 7.89. The van der Waals surface area contributed by atoms with Crippen molar-refractivity contribution < 1.29 is 14.3 Å².